The molecular formula is C9H10F8O. The Balaban J connectivity index is 3.21. The van der Waals surface area contributed by atoms with Crippen LogP contribution in [0.25, 0.3) is 0 Å². The van der Waals surface area contributed by atoms with Crippen molar-refractivity contribution in [1.29, 1.82) is 0 Å². The van der Waals surface area contributed by atoms with E-state index in [4.69, 9.17) is 0 Å². The van der Waals surface area contributed by atoms with E-state index >= 15 is 0 Å². The number of hydrogen-bond donors (Lipinski definition) is 0. The minimum absolute atomic E-state index is 0.0542. The van der Waals surface area contributed by atoms with Crippen LogP contribution in [0.2, 0.25) is 0 Å². The molecule has 1 fully saturated rings. The van der Waals surface area contributed by atoms with E-state index in [1.54, 1.807) is 0 Å². The third kappa shape index (κ3) is 2.17. The minimum Gasteiger partial charge on any atom is -0.348 e. The summed E-state index contributed by atoms with van der Waals surface area (Å²) in [5.74, 6) is -6.52. The van der Waals surface area contributed by atoms with Crippen molar-refractivity contribution < 1.29 is 39.9 Å². The fourth-order valence-corrected chi connectivity index (χ4v) is 1.81. The van der Waals surface area contributed by atoms with Crippen LogP contribution >= 0.6 is 0 Å². The zero-order valence-electron chi connectivity index (χ0n) is 9.29. The fraction of sp³-hybridized carbons (Fsp3) is 1.00. The fourth-order valence-electron chi connectivity index (χ4n) is 1.81. The SMILES string of the molecule is C[C@H]1CC(C(F)(F)F)OC(C)(C(F)(F)F)C1(F)F. The van der Waals surface area contributed by atoms with E-state index in [2.05, 4.69) is 4.74 Å². The van der Waals surface area contributed by atoms with E-state index in [1.807, 2.05) is 0 Å². The number of halogens is 8. The second-order valence-electron chi connectivity index (χ2n) is 4.44. The lowest BCUT2D eigenvalue weighted by atomic mass is 9.80. The Kier molecular flexibility index (Phi) is 3.39. The summed E-state index contributed by atoms with van der Waals surface area (Å²) < 4.78 is 106. The Morgan fingerprint density at radius 3 is 1.83 bits per heavy atom. The van der Waals surface area contributed by atoms with Gasteiger partial charge in [-0.1, -0.05) is 6.92 Å². The zero-order chi connectivity index (χ0) is 14.6. The summed E-state index contributed by atoms with van der Waals surface area (Å²) in [4.78, 5) is 0. The van der Waals surface area contributed by atoms with Gasteiger partial charge in [0.05, 0.1) is 0 Å². The van der Waals surface area contributed by atoms with E-state index in [-0.39, 0.29) is 6.92 Å². The molecule has 0 aromatic heterocycles. The first kappa shape index (κ1) is 15.5. The van der Waals surface area contributed by atoms with Crippen LogP contribution in [0.3, 0.4) is 0 Å². The Hall–Kier alpha value is -0.600. The molecule has 3 atom stereocenters. The van der Waals surface area contributed by atoms with Crippen molar-refractivity contribution in [1.82, 2.24) is 0 Å². The van der Waals surface area contributed by atoms with Crippen LogP contribution in [-0.4, -0.2) is 30.0 Å². The highest BCUT2D eigenvalue weighted by atomic mass is 19.4. The van der Waals surface area contributed by atoms with Crippen molar-refractivity contribution in [3.63, 3.8) is 0 Å². The summed E-state index contributed by atoms with van der Waals surface area (Å²) in [6, 6.07) is 0. The molecule has 9 heteroatoms. The summed E-state index contributed by atoms with van der Waals surface area (Å²) >= 11 is 0. The summed E-state index contributed by atoms with van der Waals surface area (Å²) in [5.41, 5.74) is -4.14. The molecule has 1 aliphatic heterocycles. The van der Waals surface area contributed by atoms with Gasteiger partial charge in [0.1, 0.15) is 0 Å². The first-order chi connectivity index (χ1) is 7.73. The van der Waals surface area contributed by atoms with Crippen LogP contribution in [0.4, 0.5) is 35.1 Å². The molecule has 108 valence electrons. The van der Waals surface area contributed by atoms with Gasteiger partial charge in [0, 0.05) is 5.92 Å². The van der Waals surface area contributed by atoms with Gasteiger partial charge in [-0.25, -0.2) is 8.78 Å². The average molecular weight is 286 g/mol. The maximum absolute atomic E-state index is 13.5. The standard InChI is InChI=1S/C9H10F8O/c1-4-3-5(8(12,13)14)18-6(2,7(4,10)11)9(15,16)17/h4-5H,3H2,1-2H3/t4-,5?,6?/m0/s1. The number of alkyl halides is 8. The molecule has 1 rings (SSSR count). The van der Waals surface area contributed by atoms with Crippen molar-refractivity contribution in [2.24, 2.45) is 5.92 Å². The van der Waals surface area contributed by atoms with Gasteiger partial charge >= 0.3 is 12.4 Å². The van der Waals surface area contributed by atoms with E-state index in [9.17, 15) is 35.1 Å². The third-order valence-electron chi connectivity index (χ3n) is 3.11. The Morgan fingerprint density at radius 2 is 1.50 bits per heavy atom. The first-order valence-electron chi connectivity index (χ1n) is 4.92. The Morgan fingerprint density at radius 1 is 1.06 bits per heavy atom. The summed E-state index contributed by atoms with van der Waals surface area (Å²) in [7, 11) is 0. The molecule has 0 bridgehead atoms. The smallest absolute Gasteiger partial charge is 0.348 e. The second-order valence-corrected chi connectivity index (χ2v) is 4.44. The van der Waals surface area contributed by atoms with Crippen molar-refractivity contribution >= 4 is 0 Å². The lowest BCUT2D eigenvalue weighted by molar-refractivity contribution is -0.405. The summed E-state index contributed by atoms with van der Waals surface area (Å²) in [6.45, 7) is 0.590. The van der Waals surface area contributed by atoms with Crippen LogP contribution < -0.4 is 0 Å². The Bertz CT molecular complexity index is 320. The molecule has 1 aliphatic rings. The van der Waals surface area contributed by atoms with Crippen LogP contribution in [0.1, 0.15) is 20.3 Å². The molecule has 1 nitrogen and oxygen atoms in total. The molecule has 18 heavy (non-hydrogen) atoms. The van der Waals surface area contributed by atoms with Crippen LogP contribution in [0.15, 0.2) is 0 Å². The van der Waals surface area contributed by atoms with E-state index in [1.165, 1.54) is 0 Å². The van der Waals surface area contributed by atoms with Gasteiger partial charge in [-0.05, 0) is 13.3 Å². The lowest BCUT2D eigenvalue weighted by Gasteiger charge is -2.48. The molecule has 0 spiro atoms. The number of ether oxygens (including phenoxy) is 1. The highest BCUT2D eigenvalue weighted by Crippen LogP contribution is 2.54. The molecule has 0 aliphatic carbocycles. The second kappa shape index (κ2) is 3.94. The first-order valence-corrected chi connectivity index (χ1v) is 4.92. The highest BCUT2D eigenvalue weighted by Gasteiger charge is 2.74. The summed E-state index contributed by atoms with van der Waals surface area (Å²) in [5, 5.41) is 0. The largest absolute Gasteiger partial charge is 0.423 e. The predicted molar refractivity (Wildman–Crippen MR) is 44.1 cm³/mol. The molecule has 0 aromatic rings. The molecule has 1 saturated heterocycles. The minimum atomic E-state index is -5.60. The maximum Gasteiger partial charge on any atom is 0.423 e. The predicted octanol–water partition coefficient (Wildman–Crippen LogP) is 3.93. The van der Waals surface area contributed by atoms with E-state index in [0.717, 1.165) is 0 Å². The third-order valence-corrected chi connectivity index (χ3v) is 3.11. The molecule has 0 N–H and O–H groups in total. The zero-order valence-corrected chi connectivity index (χ0v) is 9.29. The summed E-state index contributed by atoms with van der Waals surface area (Å²) in [6.07, 6.45) is -14.8. The topological polar surface area (TPSA) is 9.23 Å². The normalized spacial score (nSPS) is 37.7. The van der Waals surface area contributed by atoms with Crippen LogP contribution in [-0.2, 0) is 4.74 Å². The van der Waals surface area contributed by atoms with Gasteiger partial charge in [0.15, 0.2) is 6.10 Å². The average Bonchev–Trinajstić information content (AvgIpc) is 2.10. The lowest BCUT2D eigenvalue weighted by Crippen LogP contribution is -2.67. The van der Waals surface area contributed by atoms with Crippen molar-refractivity contribution in [3.05, 3.63) is 0 Å². The van der Waals surface area contributed by atoms with Gasteiger partial charge in [-0.15, -0.1) is 0 Å². The van der Waals surface area contributed by atoms with Crippen molar-refractivity contribution in [2.75, 3.05) is 0 Å². The number of hydrogen-bond acceptors (Lipinski definition) is 1. The quantitative estimate of drug-likeness (QED) is 0.613. The van der Waals surface area contributed by atoms with Crippen molar-refractivity contribution in [2.45, 2.75) is 50.2 Å². The highest BCUT2D eigenvalue weighted by molar-refractivity contribution is 5.05. The van der Waals surface area contributed by atoms with E-state index < -0.39 is 42.3 Å². The van der Waals surface area contributed by atoms with Gasteiger partial charge in [-0.3, -0.25) is 0 Å². The van der Waals surface area contributed by atoms with Crippen LogP contribution in [0.5, 0.6) is 0 Å². The number of rotatable bonds is 0. The van der Waals surface area contributed by atoms with E-state index in [0.29, 0.717) is 6.92 Å². The molecule has 0 amide bonds. The van der Waals surface area contributed by atoms with Gasteiger partial charge in [0.2, 0.25) is 5.60 Å². The van der Waals surface area contributed by atoms with Crippen molar-refractivity contribution in [3.8, 4) is 0 Å². The monoisotopic (exact) mass is 286 g/mol. The molecule has 1 heterocycles. The van der Waals surface area contributed by atoms with Gasteiger partial charge in [0.25, 0.3) is 5.92 Å². The molecule has 2 unspecified atom stereocenters. The molecule has 0 radical (unpaired) electrons. The molecular weight excluding hydrogens is 276 g/mol. The Labute approximate surface area is 97.1 Å². The van der Waals surface area contributed by atoms with Gasteiger partial charge in [-0.2, -0.15) is 26.3 Å². The molecule has 0 saturated carbocycles. The van der Waals surface area contributed by atoms with Crippen LogP contribution in [0, 0.1) is 5.92 Å². The van der Waals surface area contributed by atoms with Gasteiger partial charge < -0.3 is 4.74 Å². The maximum atomic E-state index is 13.5. The molecule has 0 aromatic carbocycles.